The van der Waals surface area contributed by atoms with E-state index in [-0.39, 0.29) is 11.4 Å². The first kappa shape index (κ1) is 12.4. The Hall–Kier alpha value is -1.10. The molecule has 1 heterocycles. The number of hydrogen-bond donors (Lipinski definition) is 2. The van der Waals surface area contributed by atoms with Crippen LogP contribution in [0.1, 0.15) is 32.6 Å². The maximum atomic E-state index is 11.9. The molecule has 1 aliphatic carbocycles. The maximum Gasteiger partial charge on any atom is 0.311 e. The Morgan fingerprint density at radius 1 is 1.29 bits per heavy atom. The quantitative estimate of drug-likeness (QED) is 0.660. The van der Waals surface area contributed by atoms with Crippen molar-refractivity contribution in [3.8, 4) is 0 Å². The first-order valence-electron chi connectivity index (χ1n) is 6.49. The molecule has 17 heavy (non-hydrogen) atoms. The number of rotatable bonds is 2. The topological polar surface area (TPSA) is 61.4 Å². The number of hydrogen-bond acceptors (Lipinski definition) is 3. The Morgan fingerprint density at radius 2 is 1.94 bits per heavy atom. The van der Waals surface area contributed by atoms with Gasteiger partial charge in [0.1, 0.15) is 0 Å². The summed E-state index contributed by atoms with van der Waals surface area (Å²) in [6.45, 7) is 4.88. The van der Waals surface area contributed by atoms with Crippen molar-refractivity contribution in [2.24, 2.45) is 0 Å². The van der Waals surface area contributed by atoms with Gasteiger partial charge < -0.3 is 15.5 Å². The molecule has 2 aliphatic rings. The van der Waals surface area contributed by atoms with Crippen molar-refractivity contribution in [1.29, 1.82) is 0 Å². The summed E-state index contributed by atoms with van der Waals surface area (Å²) in [5.74, 6) is -0.792. The highest BCUT2D eigenvalue weighted by molar-refractivity contribution is 6.35. The maximum absolute atomic E-state index is 11.9. The number of piperazine rings is 1. The summed E-state index contributed by atoms with van der Waals surface area (Å²) in [5, 5.41) is 6.09. The summed E-state index contributed by atoms with van der Waals surface area (Å²) in [5.41, 5.74) is -0.0964. The largest absolute Gasteiger partial charge is 0.342 e. The third kappa shape index (κ3) is 2.60. The van der Waals surface area contributed by atoms with Gasteiger partial charge in [0.25, 0.3) is 0 Å². The minimum atomic E-state index is -0.423. The molecule has 96 valence electrons. The number of amides is 2. The molecule has 2 rings (SSSR count). The predicted molar refractivity (Wildman–Crippen MR) is 64.5 cm³/mol. The van der Waals surface area contributed by atoms with E-state index in [0.717, 1.165) is 38.8 Å². The smallest absolute Gasteiger partial charge is 0.311 e. The first-order chi connectivity index (χ1) is 8.17. The molecule has 0 aromatic heterocycles. The lowest BCUT2D eigenvalue weighted by molar-refractivity contribution is -0.147. The summed E-state index contributed by atoms with van der Waals surface area (Å²) in [6, 6.07) is 0. The summed E-state index contributed by atoms with van der Waals surface area (Å²) < 4.78 is 0. The fourth-order valence-corrected chi connectivity index (χ4v) is 2.48. The van der Waals surface area contributed by atoms with Crippen LogP contribution in [0.3, 0.4) is 0 Å². The SMILES string of the molecule is CCC1(NC(=O)C(=O)N2CCNCC2)CCC1. The van der Waals surface area contributed by atoms with Crippen molar-refractivity contribution < 1.29 is 9.59 Å². The van der Waals surface area contributed by atoms with Gasteiger partial charge in [-0.05, 0) is 25.7 Å². The molecule has 0 atom stereocenters. The zero-order chi connectivity index (χ0) is 12.3. The van der Waals surface area contributed by atoms with Crippen LogP contribution in [-0.2, 0) is 9.59 Å². The zero-order valence-corrected chi connectivity index (χ0v) is 10.4. The summed E-state index contributed by atoms with van der Waals surface area (Å²) in [7, 11) is 0. The third-order valence-corrected chi connectivity index (χ3v) is 3.96. The average Bonchev–Trinajstić information content (AvgIpc) is 2.33. The molecule has 0 radical (unpaired) electrons. The minimum Gasteiger partial charge on any atom is -0.342 e. The fraction of sp³-hybridized carbons (Fsp3) is 0.833. The number of nitrogens with zero attached hydrogens (tertiary/aromatic N) is 1. The molecule has 5 nitrogen and oxygen atoms in total. The lowest BCUT2D eigenvalue weighted by Gasteiger charge is -2.42. The molecule has 2 amide bonds. The summed E-state index contributed by atoms with van der Waals surface area (Å²) in [4.78, 5) is 25.4. The summed E-state index contributed by atoms with van der Waals surface area (Å²) >= 11 is 0. The van der Waals surface area contributed by atoms with E-state index in [4.69, 9.17) is 0 Å². The predicted octanol–water partition coefficient (Wildman–Crippen LogP) is -0.133. The Labute approximate surface area is 102 Å². The zero-order valence-electron chi connectivity index (χ0n) is 10.4. The van der Waals surface area contributed by atoms with Crippen LogP contribution in [0, 0.1) is 0 Å². The Morgan fingerprint density at radius 3 is 2.41 bits per heavy atom. The lowest BCUT2D eigenvalue weighted by Crippen LogP contribution is -2.58. The molecule has 0 bridgehead atoms. The van der Waals surface area contributed by atoms with Crippen LogP contribution in [0.4, 0.5) is 0 Å². The molecular formula is C12H21N3O2. The molecule has 0 spiro atoms. The van der Waals surface area contributed by atoms with Gasteiger partial charge in [0, 0.05) is 31.7 Å². The van der Waals surface area contributed by atoms with E-state index in [1.54, 1.807) is 4.90 Å². The second kappa shape index (κ2) is 5.04. The van der Waals surface area contributed by atoms with Gasteiger partial charge in [0.15, 0.2) is 0 Å². The monoisotopic (exact) mass is 239 g/mol. The average molecular weight is 239 g/mol. The van der Waals surface area contributed by atoms with Crippen LogP contribution in [-0.4, -0.2) is 48.4 Å². The number of carbonyl (C=O) groups excluding carboxylic acids is 2. The van der Waals surface area contributed by atoms with Crippen LogP contribution >= 0.6 is 0 Å². The van der Waals surface area contributed by atoms with Crippen molar-refractivity contribution in [2.45, 2.75) is 38.1 Å². The molecule has 2 N–H and O–H groups in total. The molecule has 1 saturated heterocycles. The minimum absolute atomic E-state index is 0.0964. The van der Waals surface area contributed by atoms with Crippen LogP contribution < -0.4 is 10.6 Å². The highest BCUT2D eigenvalue weighted by atomic mass is 16.2. The highest BCUT2D eigenvalue weighted by Gasteiger charge is 2.38. The van der Waals surface area contributed by atoms with E-state index in [0.29, 0.717) is 13.1 Å². The standard InChI is InChI=1S/C12H21N3O2/c1-2-12(4-3-5-12)14-10(16)11(17)15-8-6-13-7-9-15/h13H,2-9H2,1H3,(H,14,16). The van der Waals surface area contributed by atoms with Gasteiger partial charge >= 0.3 is 11.8 Å². The molecule has 0 aromatic carbocycles. The normalized spacial score (nSPS) is 22.8. The number of carbonyl (C=O) groups is 2. The molecule has 1 saturated carbocycles. The van der Waals surface area contributed by atoms with Crippen LogP contribution in [0.15, 0.2) is 0 Å². The van der Waals surface area contributed by atoms with Gasteiger partial charge in [-0.2, -0.15) is 0 Å². The van der Waals surface area contributed by atoms with Crippen LogP contribution in [0.25, 0.3) is 0 Å². The molecule has 0 aromatic rings. The van der Waals surface area contributed by atoms with Crippen molar-refractivity contribution in [2.75, 3.05) is 26.2 Å². The Bertz CT molecular complexity index is 301. The van der Waals surface area contributed by atoms with E-state index >= 15 is 0 Å². The molecule has 2 fully saturated rings. The van der Waals surface area contributed by atoms with Crippen molar-refractivity contribution in [3.63, 3.8) is 0 Å². The molecule has 0 unspecified atom stereocenters. The van der Waals surface area contributed by atoms with E-state index < -0.39 is 5.91 Å². The van der Waals surface area contributed by atoms with E-state index in [1.165, 1.54) is 0 Å². The third-order valence-electron chi connectivity index (χ3n) is 3.96. The van der Waals surface area contributed by atoms with Crippen LogP contribution in [0.5, 0.6) is 0 Å². The number of nitrogens with one attached hydrogen (secondary N) is 2. The van der Waals surface area contributed by atoms with Crippen molar-refractivity contribution in [1.82, 2.24) is 15.5 Å². The van der Waals surface area contributed by atoms with Gasteiger partial charge in [-0.25, -0.2) is 0 Å². The second-order valence-electron chi connectivity index (χ2n) is 4.98. The van der Waals surface area contributed by atoms with Gasteiger partial charge in [0.2, 0.25) is 0 Å². The fourth-order valence-electron chi connectivity index (χ4n) is 2.48. The van der Waals surface area contributed by atoms with Gasteiger partial charge in [-0.1, -0.05) is 6.92 Å². The van der Waals surface area contributed by atoms with E-state index in [9.17, 15) is 9.59 Å². The van der Waals surface area contributed by atoms with E-state index in [1.807, 2.05) is 0 Å². The van der Waals surface area contributed by atoms with Crippen LogP contribution in [0.2, 0.25) is 0 Å². The Kier molecular flexibility index (Phi) is 3.66. The molecular weight excluding hydrogens is 218 g/mol. The van der Waals surface area contributed by atoms with Crippen molar-refractivity contribution >= 4 is 11.8 Å². The lowest BCUT2D eigenvalue weighted by atomic mass is 9.75. The van der Waals surface area contributed by atoms with Crippen molar-refractivity contribution in [3.05, 3.63) is 0 Å². The van der Waals surface area contributed by atoms with Gasteiger partial charge in [-0.15, -0.1) is 0 Å². The molecule has 1 aliphatic heterocycles. The first-order valence-corrected chi connectivity index (χ1v) is 6.49. The van der Waals surface area contributed by atoms with Gasteiger partial charge in [0.05, 0.1) is 0 Å². The Balaban J connectivity index is 1.88. The van der Waals surface area contributed by atoms with E-state index in [2.05, 4.69) is 17.6 Å². The second-order valence-corrected chi connectivity index (χ2v) is 4.98. The van der Waals surface area contributed by atoms with Gasteiger partial charge in [-0.3, -0.25) is 9.59 Å². The highest BCUT2D eigenvalue weighted by Crippen LogP contribution is 2.34. The summed E-state index contributed by atoms with van der Waals surface area (Å²) in [6.07, 6.45) is 4.07. The molecule has 5 heteroatoms.